The van der Waals surface area contributed by atoms with Gasteiger partial charge < -0.3 is 10.4 Å². The number of amides is 1. The monoisotopic (exact) mass is 183 g/mol. The van der Waals surface area contributed by atoms with Gasteiger partial charge in [-0.3, -0.25) is 9.48 Å². The van der Waals surface area contributed by atoms with Gasteiger partial charge in [0.15, 0.2) is 0 Å². The number of aromatic nitrogens is 2. The third-order valence-electron chi connectivity index (χ3n) is 1.62. The van der Waals surface area contributed by atoms with Crippen LogP contribution in [0.25, 0.3) is 0 Å². The summed E-state index contributed by atoms with van der Waals surface area (Å²) in [6.45, 7) is 2.92. The molecule has 5 nitrogen and oxygen atoms in total. The average Bonchev–Trinajstić information content (AvgIpc) is 2.62. The molecule has 1 amide bonds. The summed E-state index contributed by atoms with van der Waals surface area (Å²) in [5, 5.41) is 15.0. The van der Waals surface area contributed by atoms with Crippen molar-refractivity contribution in [2.75, 3.05) is 13.2 Å². The molecule has 0 aromatic carbocycles. The van der Waals surface area contributed by atoms with Crippen molar-refractivity contribution in [1.29, 1.82) is 0 Å². The molecule has 1 aromatic rings. The quantitative estimate of drug-likeness (QED) is 0.669. The Morgan fingerprint density at radius 3 is 3.08 bits per heavy atom. The van der Waals surface area contributed by atoms with Crippen LogP contribution in [0.1, 0.15) is 17.3 Å². The number of aliphatic hydroxyl groups is 1. The lowest BCUT2D eigenvalue weighted by Gasteiger charge is -1.98. The predicted molar refractivity (Wildman–Crippen MR) is 47.3 cm³/mol. The Morgan fingerprint density at radius 2 is 2.54 bits per heavy atom. The molecule has 72 valence electrons. The minimum Gasteiger partial charge on any atom is -0.395 e. The Bertz CT molecular complexity index is 283. The molecule has 13 heavy (non-hydrogen) atoms. The van der Waals surface area contributed by atoms with Gasteiger partial charge >= 0.3 is 0 Å². The average molecular weight is 183 g/mol. The Kier molecular flexibility index (Phi) is 3.45. The number of nitrogens with zero attached hydrogens (tertiary/aromatic N) is 2. The molecule has 5 heteroatoms. The Labute approximate surface area is 76.4 Å². The lowest BCUT2D eigenvalue weighted by atomic mass is 10.3. The zero-order valence-electron chi connectivity index (χ0n) is 7.53. The van der Waals surface area contributed by atoms with E-state index in [2.05, 4.69) is 10.4 Å². The smallest absolute Gasteiger partial charge is 0.254 e. The minimum atomic E-state index is -0.200. The number of aryl methyl sites for hydroxylation is 1. The van der Waals surface area contributed by atoms with Crippen LogP contribution in [0.5, 0.6) is 0 Å². The second-order valence-electron chi connectivity index (χ2n) is 2.56. The molecule has 0 aliphatic heterocycles. The van der Waals surface area contributed by atoms with Crippen molar-refractivity contribution in [2.45, 2.75) is 13.5 Å². The van der Waals surface area contributed by atoms with Crippen molar-refractivity contribution >= 4 is 5.91 Å². The van der Waals surface area contributed by atoms with Crippen molar-refractivity contribution in [3.8, 4) is 0 Å². The molecule has 1 heterocycles. The zero-order chi connectivity index (χ0) is 9.68. The maximum Gasteiger partial charge on any atom is 0.254 e. The summed E-state index contributed by atoms with van der Waals surface area (Å²) in [6.07, 6.45) is 3.18. The van der Waals surface area contributed by atoms with Gasteiger partial charge in [0.1, 0.15) is 0 Å². The molecule has 0 saturated carbocycles. The van der Waals surface area contributed by atoms with Crippen LogP contribution in [-0.2, 0) is 6.54 Å². The van der Waals surface area contributed by atoms with Crippen LogP contribution in [-0.4, -0.2) is 33.9 Å². The first kappa shape index (κ1) is 9.73. The van der Waals surface area contributed by atoms with Crippen molar-refractivity contribution in [3.05, 3.63) is 18.0 Å². The van der Waals surface area contributed by atoms with Crippen LogP contribution in [0.2, 0.25) is 0 Å². The van der Waals surface area contributed by atoms with Gasteiger partial charge in [0.2, 0.25) is 0 Å². The highest BCUT2D eigenvalue weighted by atomic mass is 16.3. The number of hydrogen-bond donors (Lipinski definition) is 2. The molecule has 0 aliphatic carbocycles. The standard InChI is InChI=1S/C8H13N3O2/c1-2-11-6-7(5-10-11)8(13)9-3-4-12/h5-6,12H,2-4H2,1H3,(H,9,13). The predicted octanol–water partition coefficient (Wildman–Crippen LogP) is -0.375. The van der Waals surface area contributed by atoms with Gasteiger partial charge in [0.05, 0.1) is 18.4 Å². The van der Waals surface area contributed by atoms with Crippen LogP contribution in [0.15, 0.2) is 12.4 Å². The molecule has 0 fully saturated rings. The number of nitrogens with one attached hydrogen (secondary N) is 1. The minimum absolute atomic E-state index is 0.0480. The number of hydrogen-bond acceptors (Lipinski definition) is 3. The molecule has 0 spiro atoms. The van der Waals surface area contributed by atoms with E-state index in [4.69, 9.17) is 5.11 Å². The second-order valence-corrected chi connectivity index (χ2v) is 2.56. The highest BCUT2D eigenvalue weighted by Gasteiger charge is 2.06. The summed E-state index contributed by atoms with van der Waals surface area (Å²) in [4.78, 5) is 11.3. The summed E-state index contributed by atoms with van der Waals surface area (Å²) in [7, 11) is 0. The molecule has 0 radical (unpaired) electrons. The summed E-state index contributed by atoms with van der Waals surface area (Å²) in [5.74, 6) is -0.200. The molecule has 0 aliphatic rings. The van der Waals surface area contributed by atoms with Crippen molar-refractivity contribution < 1.29 is 9.90 Å². The molecule has 1 aromatic heterocycles. The van der Waals surface area contributed by atoms with Crippen LogP contribution in [0.3, 0.4) is 0 Å². The second kappa shape index (κ2) is 4.61. The maximum atomic E-state index is 11.3. The van der Waals surface area contributed by atoms with E-state index in [9.17, 15) is 4.79 Å². The molecule has 0 unspecified atom stereocenters. The fourth-order valence-corrected chi connectivity index (χ4v) is 0.925. The molecule has 0 atom stereocenters. The van der Waals surface area contributed by atoms with Gasteiger partial charge in [-0.2, -0.15) is 5.10 Å². The molecular weight excluding hydrogens is 170 g/mol. The maximum absolute atomic E-state index is 11.3. The number of carbonyl (C=O) groups excluding carboxylic acids is 1. The Morgan fingerprint density at radius 1 is 1.77 bits per heavy atom. The normalized spacial score (nSPS) is 10.0. The molecule has 0 saturated heterocycles. The summed E-state index contributed by atoms with van der Waals surface area (Å²) < 4.78 is 1.67. The van der Waals surface area contributed by atoms with Gasteiger partial charge in [-0.15, -0.1) is 0 Å². The third-order valence-corrected chi connectivity index (χ3v) is 1.62. The summed E-state index contributed by atoms with van der Waals surface area (Å²) in [6, 6.07) is 0. The van der Waals surface area contributed by atoms with Crippen LogP contribution < -0.4 is 5.32 Å². The van der Waals surface area contributed by atoms with Crippen molar-refractivity contribution in [2.24, 2.45) is 0 Å². The Balaban J connectivity index is 2.55. The van der Waals surface area contributed by atoms with Crippen LogP contribution >= 0.6 is 0 Å². The van der Waals surface area contributed by atoms with E-state index < -0.39 is 0 Å². The van der Waals surface area contributed by atoms with Gasteiger partial charge in [0, 0.05) is 19.3 Å². The Hall–Kier alpha value is -1.36. The highest BCUT2D eigenvalue weighted by Crippen LogP contribution is 1.96. The molecule has 2 N–H and O–H groups in total. The van der Waals surface area contributed by atoms with Crippen molar-refractivity contribution in [3.63, 3.8) is 0 Å². The third kappa shape index (κ3) is 2.55. The van der Waals surface area contributed by atoms with E-state index in [1.165, 1.54) is 6.20 Å². The van der Waals surface area contributed by atoms with Crippen molar-refractivity contribution in [1.82, 2.24) is 15.1 Å². The first-order valence-corrected chi connectivity index (χ1v) is 4.19. The molecule has 0 bridgehead atoms. The first-order chi connectivity index (χ1) is 6.27. The lowest BCUT2D eigenvalue weighted by Crippen LogP contribution is -2.25. The first-order valence-electron chi connectivity index (χ1n) is 4.19. The fraction of sp³-hybridized carbons (Fsp3) is 0.500. The SMILES string of the molecule is CCn1cc(C(=O)NCCO)cn1. The van der Waals surface area contributed by atoms with E-state index in [-0.39, 0.29) is 19.1 Å². The van der Waals surface area contributed by atoms with E-state index in [0.717, 1.165) is 6.54 Å². The van der Waals surface area contributed by atoms with Crippen LogP contribution in [0, 0.1) is 0 Å². The van der Waals surface area contributed by atoms with Gasteiger partial charge in [-0.25, -0.2) is 0 Å². The lowest BCUT2D eigenvalue weighted by molar-refractivity contribution is 0.0944. The molecular formula is C8H13N3O2. The van der Waals surface area contributed by atoms with E-state index >= 15 is 0 Å². The summed E-state index contributed by atoms with van der Waals surface area (Å²) in [5.41, 5.74) is 0.523. The number of aliphatic hydroxyl groups excluding tert-OH is 1. The van der Waals surface area contributed by atoms with Gasteiger partial charge in [0.25, 0.3) is 5.91 Å². The highest BCUT2D eigenvalue weighted by molar-refractivity contribution is 5.93. The zero-order valence-corrected chi connectivity index (χ0v) is 7.53. The topological polar surface area (TPSA) is 67.2 Å². The fourth-order valence-electron chi connectivity index (χ4n) is 0.925. The molecule has 1 rings (SSSR count). The largest absolute Gasteiger partial charge is 0.395 e. The van der Waals surface area contributed by atoms with Gasteiger partial charge in [-0.05, 0) is 6.92 Å². The van der Waals surface area contributed by atoms with E-state index in [1.807, 2.05) is 6.92 Å². The van der Waals surface area contributed by atoms with E-state index in [1.54, 1.807) is 10.9 Å². The number of rotatable bonds is 4. The van der Waals surface area contributed by atoms with Crippen LogP contribution in [0.4, 0.5) is 0 Å². The van der Waals surface area contributed by atoms with E-state index in [0.29, 0.717) is 5.56 Å². The summed E-state index contributed by atoms with van der Waals surface area (Å²) >= 11 is 0. The number of carbonyl (C=O) groups is 1. The van der Waals surface area contributed by atoms with Gasteiger partial charge in [-0.1, -0.05) is 0 Å².